The molecule has 8 heteroatoms. The molecule has 0 spiro atoms. The number of piperazine rings is 1. The molecule has 2 heterocycles. The first kappa shape index (κ1) is 21.5. The van der Waals surface area contributed by atoms with Gasteiger partial charge < -0.3 is 19.5 Å². The second kappa shape index (κ2) is 9.64. The molecule has 0 aliphatic carbocycles. The van der Waals surface area contributed by atoms with E-state index in [-0.39, 0.29) is 10.8 Å². The zero-order valence-electron chi connectivity index (χ0n) is 18.0. The Morgan fingerprint density at radius 2 is 1.77 bits per heavy atom. The van der Waals surface area contributed by atoms with Gasteiger partial charge in [0.25, 0.3) is 0 Å². The number of carbonyl (C=O) groups excluding carboxylic acids is 1. The van der Waals surface area contributed by atoms with Gasteiger partial charge in [0.15, 0.2) is 0 Å². The molecule has 3 aromatic rings. The number of aryl methyl sites for hydroxylation is 1. The highest BCUT2D eigenvalue weighted by Gasteiger charge is 2.18. The molecule has 0 atom stereocenters. The Bertz CT molecular complexity index is 1100. The summed E-state index contributed by atoms with van der Waals surface area (Å²) in [6.07, 6.45) is 0.460. The first-order chi connectivity index (χ1) is 15.0. The van der Waals surface area contributed by atoms with Crippen LogP contribution < -0.4 is 14.9 Å². The molecule has 1 aromatic heterocycles. The predicted molar refractivity (Wildman–Crippen MR) is 125 cm³/mol. The summed E-state index contributed by atoms with van der Waals surface area (Å²) in [5, 5.41) is 2.96. The van der Waals surface area contributed by atoms with Gasteiger partial charge in [0, 0.05) is 58.4 Å². The van der Waals surface area contributed by atoms with Crippen molar-refractivity contribution in [3.8, 4) is 5.75 Å². The number of amides is 1. The van der Waals surface area contributed by atoms with Crippen molar-refractivity contribution in [2.24, 2.45) is 7.05 Å². The molecule has 7 nitrogen and oxygen atoms in total. The topological polar surface area (TPSA) is 66.8 Å². The molecular weight excluding hydrogens is 412 g/mol. The monoisotopic (exact) mass is 440 g/mol. The second-order valence-corrected chi connectivity index (χ2v) is 8.87. The molecule has 0 unspecified atom stereocenters. The maximum Gasteiger partial charge on any atom is 0.307 e. The number of rotatable bonds is 7. The van der Waals surface area contributed by atoms with Crippen molar-refractivity contribution in [3.05, 3.63) is 57.7 Å². The van der Waals surface area contributed by atoms with Crippen LogP contribution in [0.5, 0.6) is 5.75 Å². The van der Waals surface area contributed by atoms with Gasteiger partial charge in [0.05, 0.1) is 17.3 Å². The fourth-order valence-electron chi connectivity index (χ4n) is 3.85. The number of aromatic nitrogens is 1. The lowest BCUT2D eigenvalue weighted by Gasteiger charge is -2.34. The van der Waals surface area contributed by atoms with Crippen LogP contribution in [0, 0.1) is 0 Å². The summed E-state index contributed by atoms with van der Waals surface area (Å²) in [4.78, 5) is 29.0. The highest BCUT2D eigenvalue weighted by atomic mass is 32.1. The summed E-state index contributed by atoms with van der Waals surface area (Å²) in [5.41, 5.74) is 2.92. The largest absolute Gasteiger partial charge is 0.497 e. The number of methoxy groups -OCH3 is 1. The third-order valence-electron chi connectivity index (χ3n) is 5.76. The molecule has 0 saturated carbocycles. The molecule has 1 aliphatic heterocycles. The quantitative estimate of drug-likeness (QED) is 0.612. The molecule has 1 saturated heterocycles. The minimum Gasteiger partial charge on any atom is -0.497 e. The first-order valence-electron chi connectivity index (χ1n) is 10.5. The molecule has 1 aliphatic rings. The normalized spacial score (nSPS) is 15.3. The Hall–Kier alpha value is -2.68. The van der Waals surface area contributed by atoms with Crippen LogP contribution in [-0.2, 0) is 18.4 Å². The zero-order chi connectivity index (χ0) is 21.8. The Kier molecular flexibility index (Phi) is 6.70. The molecular formula is C23H28N4O3S. The number of benzene rings is 2. The third-order valence-corrected chi connectivity index (χ3v) is 6.76. The van der Waals surface area contributed by atoms with Crippen LogP contribution in [0.3, 0.4) is 0 Å². The van der Waals surface area contributed by atoms with E-state index in [0.717, 1.165) is 60.9 Å². The van der Waals surface area contributed by atoms with E-state index in [9.17, 15) is 9.59 Å². The molecule has 2 aromatic carbocycles. The smallest absolute Gasteiger partial charge is 0.307 e. The van der Waals surface area contributed by atoms with E-state index in [2.05, 4.69) is 27.2 Å². The van der Waals surface area contributed by atoms with Gasteiger partial charge in [0.2, 0.25) is 5.91 Å². The number of nitrogens with one attached hydrogen (secondary N) is 1. The number of fused-ring (bicyclic) bond motifs is 1. The summed E-state index contributed by atoms with van der Waals surface area (Å²) < 4.78 is 7.73. The van der Waals surface area contributed by atoms with Crippen LogP contribution in [0.1, 0.15) is 12.0 Å². The van der Waals surface area contributed by atoms with Crippen molar-refractivity contribution in [3.63, 3.8) is 0 Å². The summed E-state index contributed by atoms with van der Waals surface area (Å²) >= 11 is 1.20. The number of hydrogen-bond acceptors (Lipinski definition) is 6. The highest BCUT2D eigenvalue weighted by Crippen LogP contribution is 2.21. The highest BCUT2D eigenvalue weighted by molar-refractivity contribution is 7.16. The molecule has 1 fully saturated rings. The maximum absolute atomic E-state index is 12.4. The number of anilines is 1. The molecule has 1 N–H and O–H groups in total. The second-order valence-electron chi connectivity index (χ2n) is 7.87. The van der Waals surface area contributed by atoms with E-state index in [1.54, 1.807) is 18.7 Å². The van der Waals surface area contributed by atoms with Crippen molar-refractivity contribution in [1.82, 2.24) is 14.4 Å². The number of ether oxygens (including phenoxy) is 1. The summed E-state index contributed by atoms with van der Waals surface area (Å²) in [5.74, 6) is 0.884. The number of nitrogens with zero attached hydrogens (tertiary/aromatic N) is 3. The third kappa shape index (κ3) is 5.33. The maximum atomic E-state index is 12.4. The van der Waals surface area contributed by atoms with Gasteiger partial charge in [-0.1, -0.05) is 23.5 Å². The van der Waals surface area contributed by atoms with Gasteiger partial charge in [-0.3, -0.25) is 14.5 Å². The van der Waals surface area contributed by atoms with Gasteiger partial charge >= 0.3 is 4.87 Å². The standard InChI is InChI=1S/C23H28N4O3S/c1-25-20-8-5-18(15-21(20)31-23(25)29)24-22(28)9-10-26-11-13-27(14-12-26)16-17-3-6-19(30-2)7-4-17/h3-8,15H,9-14,16H2,1-2H3,(H,24,28). The number of carbonyl (C=O) groups is 1. The van der Waals surface area contributed by atoms with Crippen molar-refractivity contribution in [1.29, 1.82) is 0 Å². The lowest BCUT2D eigenvalue weighted by Crippen LogP contribution is -2.46. The molecule has 31 heavy (non-hydrogen) atoms. The van der Waals surface area contributed by atoms with E-state index in [1.165, 1.54) is 16.9 Å². The van der Waals surface area contributed by atoms with E-state index < -0.39 is 0 Å². The summed E-state index contributed by atoms with van der Waals surface area (Å²) in [7, 11) is 3.44. The van der Waals surface area contributed by atoms with Crippen molar-refractivity contribution in [2.75, 3.05) is 45.2 Å². The Morgan fingerprint density at radius 3 is 2.48 bits per heavy atom. The van der Waals surface area contributed by atoms with Crippen LogP contribution in [0.15, 0.2) is 47.3 Å². The van der Waals surface area contributed by atoms with Gasteiger partial charge in [0.1, 0.15) is 5.75 Å². The van der Waals surface area contributed by atoms with E-state index >= 15 is 0 Å². The lowest BCUT2D eigenvalue weighted by molar-refractivity contribution is -0.116. The van der Waals surface area contributed by atoms with Crippen LogP contribution in [0.2, 0.25) is 0 Å². The first-order valence-corrected chi connectivity index (χ1v) is 11.3. The zero-order valence-corrected chi connectivity index (χ0v) is 18.8. The van der Waals surface area contributed by atoms with Gasteiger partial charge in [-0.25, -0.2) is 0 Å². The fourth-order valence-corrected chi connectivity index (χ4v) is 4.77. The molecule has 0 bridgehead atoms. The van der Waals surface area contributed by atoms with E-state index in [4.69, 9.17) is 4.74 Å². The molecule has 1 amide bonds. The molecule has 4 rings (SSSR count). The van der Waals surface area contributed by atoms with E-state index in [0.29, 0.717) is 6.42 Å². The fraction of sp³-hybridized carbons (Fsp3) is 0.391. The summed E-state index contributed by atoms with van der Waals surface area (Å²) in [6, 6.07) is 13.8. The van der Waals surface area contributed by atoms with Crippen molar-refractivity contribution < 1.29 is 9.53 Å². The van der Waals surface area contributed by atoms with Crippen LogP contribution in [0.4, 0.5) is 5.69 Å². The summed E-state index contributed by atoms with van der Waals surface area (Å²) in [6.45, 7) is 5.62. The average Bonchev–Trinajstić information content (AvgIpc) is 3.06. The van der Waals surface area contributed by atoms with Crippen LogP contribution >= 0.6 is 11.3 Å². The Labute approximate surface area is 185 Å². The lowest BCUT2D eigenvalue weighted by atomic mass is 10.2. The van der Waals surface area contributed by atoms with Crippen molar-refractivity contribution >= 4 is 33.1 Å². The molecule has 164 valence electrons. The minimum absolute atomic E-state index is 0.00305. The average molecular weight is 441 g/mol. The number of thiazole rings is 1. The molecule has 0 radical (unpaired) electrons. The van der Waals surface area contributed by atoms with Crippen LogP contribution in [-0.4, -0.2) is 60.1 Å². The predicted octanol–water partition coefficient (Wildman–Crippen LogP) is 2.76. The number of hydrogen-bond donors (Lipinski definition) is 1. The van der Waals surface area contributed by atoms with E-state index in [1.807, 2.05) is 30.3 Å². The van der Waals surface area contributed by atoms with Gasteiger partial charge in [-0.15, -0.1) is 0 Å². The van der Waals surface area contributed by atoms with Crippen molar-refractivity contribution in [2.45, 2.75) is 13.0 Å². The minimum atomic E-state index is 0.00305. The SMILES string of the molecule is COc1ccc(CN2CCN(CCC(=O)Nc3ccc4c(c3)sc(=O)n4C)CC2)cc1. The van der Waals surface area contributed by atoms with Crippen LogP contribution in [0.25, 0.3) is 10.2 Å². The van der Waals surface area contributed by atoms with Gasteiger partial charge in [-0.05, 0) is 35.9 Å². The Balaban J connectivity index is 1.21. The Morgan fingerprint density at radius 1 is 1.06 bits per heavy atom. The van der Waals surface area contributed by atoms with Gasteiger partial charge in [-0.2, -0.15) is 0 Å².